The molecule has 1 aromatic carbocycles. The molecule has 0 saturated heterocycles. The predicted molar refractivity (Wildman–Crippen MR) is 90.7 cm³/mol. The molecule has 0 aliphatic heterocycles. The van der Waals surface area contributed by atoms with E-state index in [2.05, 4.69) is 25.8 Å². The highest BCUT2D eigenvalue weighted by Gasteiger charge is 2.10. The Kier molecular flexibility index (Phi) is 7.61. The lowest BCUT2D eigenvalue weighted by Crippen LogP contribution is -2.09. The molecule has 0 amide bonds. The van der Waals surface area contributed by atoms with E-state index in [0.717, 1.165) is 12.0 Å². The molecule has 0 aliphatic rings. The number of nitrogens with zero attached hydrogens (tertiary/aromatic N) is 1. The summed E-state index contributed by atoms with van der Waals surface area (Å²) in [5.74, 6) is -0.0125. The highest BCUT2D eigenvalue weighted by atomic mass is 35.5. The quantitative estimate of drug-likeness (QED) is 0.573. The third-order valence-corrected chi connectivity index (χ3v) is 3.09. The van der Waals surface area contributed by atoms with Crippen molar-refractivity contribution in [1.82, 2.24) is 4.98 Å². The third kappa shape index (κ3) is 5.49. The summed E-state index contributed by atoms with van der Waals surface area (Å²) in [7, 11) is 0. The van der Waals surface area contributed by atoms with Gasteiger partial charge in [0.05, 0.1) is 11.8 Å². The maximum atomic E-state index is 12.0. The lowest BCUT2D eigenvalue weighted by molar-refractivity contribution is 0.0734. The second-order valence-corrected chi connectivity index (χ2v) is 5.30. The smallest absolute Gasteiger partial charge is 0.343 e. The van der Waals surface area contributed by atoms with Crippen molar-refractivity contribution < 1.29 is 9.53 Å². The van der Waals surface area contributed by atoms with E-state index < -0.39 is 5.97 Å². The number of aryl methyl sites for hydroxylation is 2. The normalized spacial score (nSPS) is 9.68. The van der Waals surface area contributed by atoms with Crippen molar-refractivity contribution in [3.05, 3.63) is 58.4 Å². The highest BCUT2D eigenvalue weighted by Crippen LogP contribution is 2.16. The number of rotatable bonds is 3. The van der Waals surface area contributed by atoms with Crippen LogP contribution in [0.4, 0.5) is 0 Å². The maximum absolute atomic E-state index is 12.0. The minimum atomic E-state index is -0.394. The molecule has 1 aromatic heterocycles. The van der Waals surface area contributed by atoms with Gasteiger partial charge in [0.15, 0.2) is 0 Å². The van der Waals surface area contributed by atoms with Crippen LogP contribution in [0.2, 0.25) is 5.15 Å². The monoisotopic (exact) mass is 319 g/mol. The molecule has 118 valence electrons. The van der Waals surface area contributed by atoms with Crippen molar-refractivity contribution in [2.45, 2.75) is 40.5 Å². The molecule has 2 aromatic rings. The van der Waals surface area contributed by atoms with Crippen LogP contribution in [0.15, 0.2) is 36.5 Å². The first kappa shape index (κ1) is 18.2. The summed E-state index contributed by atoms with van der Waals surface area (Å²) in [6, 6.07) is 8.75. The van der Waals surface area contributed by atoms with Crippen molar-refractivity contribution in [1.29, 1.82) is 0 Å². The zero-order valence-electron chi connectivity index (χ0n) is 13.5. The maximum Gasteiger partial charge on any atom is 0.343 e. The van der Waals surface area contributed by atoms with Crippen molar-refractivity contribution in [3.8, 4) is 5.75 Å². The first-order chi connectivity index (χ1) is 10.5. The molecule has 1 heterocycles. The number of halogens is 1. The minimum Gasteiger partial charge on any atom is -0.421 e. The Bertz CT molecular complexity index is 609. The molecule has 0 bridgehead atoms. The largest absolute Gasteiger partial charge is 0.421 e. The summed E-state index contributed by atoms with van der Waals surface area (Å²) in [5, 5.41) is 0.364. The van der Waals surface area contributed by atoms with E-state index in [-0.39, 0.29) is 0 Å². The van der Waals surface area contributed by atoms with Crippen LogP contribution < -0.4 is 4.74 Å². The molecular formula is C18H22ClNO2. The predicted octanol–water partition coefficient (Wildman–Crippen LogP) is 5.24. The van der Waals surface area contributed by atoms with Crippen LogP contribution in [-0.4, -0.2) is 11.0 Å². The Morgan fingerprint density at radius 1 is 1.18 bits per heavy atom. The summed E-state index contributed by atoms with van der Waals surface area (Å²) in [5.41, 5.74) is 2.85. The Labute approximate surface area is 137 Å². The summed E-state index contributed by atoms with van der Waals surface area (Å²) >= 11 is 5.67. The van der Waals surface area contributed by atoms with E-state index in [1.54, 1.807) is 18.2 Å². The fourth-order valence-corrected chi connectivity index (χ4v) is 1.92. The summed E-state index contributed by atoms with van der Waals surface area (Å²) in [6.07, 6.45) is 3.62. The first-order valence-electron chi connectivity index (χ1n) is 7.45. The molecule has 0 fully saturated rings. The van der Waals surface area contributed by atoms with Gasteiger partial charge in [0.2, 0.25) is 0 Å². The number of aromatic nitrogens is 1. The SMILES string of the molecule is CCC.CCc1ccc(C(=O)Oc2ccc(Cl)nc2)cc1C. The van der Waals surface area contributed by atoms with Gasteiger partial charge in [-0.05, 0) is 48.7 Å². The van der Waals surface area contributed by atoms with Gasteiger partial charge in [-0.25, -0.2) is 9.78 Å². The average molecular weight is 320 g/mol. The molecule has 0 aliphatic carbocycles. The van der Waals surface area contributed by atoms with Crippen LogP contribution in [0.5, 0.6) is 5.75 Å². The second kappa shape index (κ2) is 9.21. The van der Waals surface area contributed by atoms with Gasteiger partial charge in [0.1, 0.15) is 10.9 Å². The number of benzene rings is 1. The fourth-order valence-electron chi connectivity index (χ4n) is 1.81. The number of ether oxygens (including phenoxy) is 1. The van der Waals surface area contributed by atoms with E-state index in [9.17, 15) is 4.79 Å². The van der Waals surface area contributed by atoms with Gasteiger partial charge in [-0.1, -0.05) is 44.9 Å². The lowest BCUT2D eigenvalue weighted by atomic mass is 10.0. The number of hydrogen-bond donors (Lipinski definition) is 0. The number of carbonyl (C=O) groups excluding carboxylic acids is 1. The van der Waals surface area contributed by atoms with Gasteiger partial charge in [-0.15, -0.1) is 0 Å². The second-order valence-electron chi connectivity index (χ2n) is 4.91. The average Bonchev–Trinajstić information content (AvgIpc) is 2.50. The van der Waals surface area contributed by atoms with Crippen molar-refractivity contribution in [3.63, 3.8) is 0 Å². The van der Waals surface area contributed by atoms with E-state index in [1.165, 1.54) is 18.2 Å². The van der Waals surface area contributed by atoms with Gasteiger partial charge >= 0.3 is 5.97 Å². The van der Waals surface area contributed by atoms with Crippen LogP contribution in [-0.2, 0) is 6.42 Å². The zero-order chi connectivity index (χ0) is 16.5. The molecule has 22 heavy (non-hydrogen) atoms. The minimum absolute atomic E-state index is 0.364. The van der Waals surface area contributed by atoms with Crippen LogP contribution in [0, 0.1) is 6.92 Å². The highest BCUT2D eigenvalue weighted by molar-refractivity contribution is 6.29. The molecule has 0 atom stereocenters. The Balaban J connectivity index is 0.000000745. The first-order valence-corrected chi connectivity index (χ1v) is 7.82. The van der Waals surface area contributed by atoms with Gasteiger partial charge in [0, 0.05) is 0 Å². The Hall–Kier alpha value is -1.87. The van der Waals surface area contributed by atoms with Crippen molar-refractivity contribution in [2.24, 2.45) is 0 Å². The van der Waals surface area contributed by atoms with Crippen molar-refractivity contribution in [2.75, 3.05) is 0 Å². The molecule has 2 rings (SSSR count). The molecule has 0 unspecified atom stereocenters. The lowest BCUT2D eigenvalue weighted by Gasteiger charge is -2.07. The van der Waals surface area contributed by atoms with Gasteiger partial charge < -0.3 is 4.74 Å². The van der Waals surface area contributed by atoms with Gasteiger partial charge in [-0.2, -0.15) is 0 Å². The van der Waals surface area contributed by atoms with E-state index >= 15 is 0 Å². The fraction of sp³-hybridized carbons (Fsp3) is 0.333. The van der Waals surface area contributed by atoms with Crippen LogP contribution >= 0.6 is 11.6 Å². The third-order valence-electron chi connectivity index (χ3n) is 2.87. The number of hydrogen-bond acceptors (Lipinski definition) is 3. The molecule has 0 radical (unpaired) electrons. The number of carbonyl (C=O) groups is 1. The topological polar surface area (TPSA) is 39.2 Å². The van der Waals surface area contributed by atoms with Crippen molar-refractivity contribution >= 4 is 17.6 Å². The molecule has 3 nitrogen and oxygen atoms in total. The number of pyridine rings is 1. The molecule has 0 spiro atoms. The molecule has 0 saturated carbocycles. The Morgan fingerprint density at radius 2 is 1.86 bits per heavy atom. The summed E-state index contributed by atoms with van der Waals surface area (Å²) < 4.78 is 5.22. The summed E-state index contributed by atoms with van der Waals surface area (Å²) in [4.78, 5) is 15.8. The van der Waals surface area contributed by atoms with Crippen LogP contribution in [0.1, 0.15) is 48.7 Å². The van der Waals surface area contributed by atoms with Crippen LogP contribution in [0.3, 0.4) is 0 Å². The van der Waals surface area contributed by atoms with Gasteiger partial charge in [-0.3, -0.25) is 0 Å². The standard InChI is InChI=1S/C15H14ClNO2.C3H8/c1-3-11-4-5-12(8-10(11)2)15(18)19-13-6-7-14(16)17-9-13;1-3-2/h4-9H,3H2,1-2H3;3H2,1-2H3. The van der Waals surface area contributed by atoms with Gasteiger partial charge in [0.25, 0.3) is 0 Å². The molecular weight excluding hydrogens is 298 g/mol. The Morgan fingerprint density at radius 3 is 2.36 bits per heavy atom. The zero-order valence-corrected chi connectivity index (χ0v) is 14.3. The summed E-state index contributed by atoms with van der Waals surface area (Å²) in [6.45, 7) is 8.32. The number of esters is 1. The van der Waals surface area contributed by atoms with E-state index in [0.29, 0.717) is 16.5 Å². The van der Waals surface area contributed by atoms with E-state index in [1.807, 2.05) is 19.1 Å². The molecule has 0 N–H and O–H groups in total. The van der Waals surface area contributed by atoms with Crippen LogP contribution in [0.25, 0.3) is 0 Å². The van der Waals surface area contributed by atoms with E-state index in [4.69, 9.17) is 16.3 Å². The molecule has 4 heteroatoms.